The summed E-state index contributed by atoms with van der Waals surface area (Å²) in [6.45, 7) is 4.93. The van der Waals surface area contributed by atoms with Crippen LogP contribution in [0, 0.1) is 5.92 Å². The Kier molecular flexibility index (Phi) is 9.26. The van der Waals surface area contributed by atoms with E-state index in [1.807, 2.05) is 66.9 Å². The number of likely N-dealkylation sites (tertiary alicyclic amines) is 1. The van der Waals surface area contributed by atoms with Crippen LogP contribution in [-0.4, -0.2) is 40.8 Å². The number of aromatic nitrogens is 1. The van der Waals surface area contributed by atoms with Gasteiger partial charge in [0.15, 0.2) is 11.4 Å². The van der Waals surface area contributed by atoms with Gasteiger partial charge in [-0.2, -0.15) is 0 Å². The second-order valence-electron chi connectivity index (χ2n) is 10.5. The lowest BCUT2D eigenvalue weighted by Gasteiger charge is -2.36. The molecule has 0 amide bonds. The summed E-state index contributed by atoms with van der Waals surface area (Å²) in [4.78, 5) is 4.70. The van der Waals surface area contributed by atoms with E-state index in [1.54, 1.807) is 0 Å². The molecule has 1 aliphatic heterocycles. The highest BCUT2D eigenvalue weighted by Crippen LogP contribution is 2.43. The van der Waals surface area contributed by atoms with E-state index in [9.17, 15) is 5.11 Å². The lowest BCUT2D eigenvalue weighted by Crippen LogP contribution is -3.00. The zero-order chi connectivity index (χ0) is 24.0. The van der Waals surface area contributed by atoms with Gasteiger partial charge in [-0.1, -0.05) is 67.8 Å². The van der Waals surface area contributed by atoms with Gasteiger partial charge in [0.05, 0.1) is 32.4 Å². The van der Waals surface area contributed by atoms with Gasteiger partial charge in [0, 0.05) is 25.2 Å². The van der Waals surface area contributed by atoms with Crippen LogP contribution in [0.4, 0.5) is 0 Å². The molecule has 1 N–H and O–H groups in total. The maximum atomic E-state index is 12.1. The molecular weight excluding hydrogens is 516 g/mol. The van der Waals surface area contributed by atoms with E-state index in [2.05, 4.69) is 0 Å². The van der Waals surface area contributed by atoms with Crippen molar-refractivity contribution in [3.05, 3.63) is 84.1 Å². The summed E-state index contributed by atoms with van der Waals surface area (Å²) in [6, 6.07) is 20.1. The summed E-state index contributed by atoms with van der Waals surface area (Å²) in [7, 11) is 0. The van der Waals surface area contributed by atoms with E-state index < -0.39 is 5.60 Å². The van der Waals surface area contributed by atoms with Gasteiger partial charge in [-0.15, -0.1) is 0 Å². The number of rotatable bonds is 10. The van der Waals surface area contributed by atoms with Crippen molar-refractivity contribution in [2.45, 2.75) is 63.5 Å². The Balaban J connectivity index is 0.00000304. The largest absolute Gasteiger partial charge is 1.00 e. The van der Waals surface area contributed by atoms with Gasteiger partial charge in [-0.3, -0.25) is 0 Å². The molecule has 194 valence electrons. The van der Waals surface area contributed by atoms with Crippen molar-refractivity contribution in [1.82, 2.24) is 4.98 Å². The van der Waals surface area contributed by atoms with Gasteiger partial charge in [-0.25, -0.2) is 4.98 Å². The van der Waals surface area contributed by atoms with Crippen molar-refractivity contribution in [1.29, 1.82) is 0 Å². The van der Waals surface area contributed by atoms with Gasteiger partial charge in [0.25, 0.3) is 0 Å². The monoisotopic (exact) mass is 554 g/mol. The fourth-order valence-electron chi connectivity index (χ4n) is 6.21. The summed E-state index contributed by atoms with van der Waals surface area (Å²) >= 11 is 0. The van der Waals surface area contributed by atoms with E-state index in [0.29, 0.717) is 5.89 Å². The number of aliphatic hydroxyl groups is 1. The Bertz CT molecular complexity index is 1050. The summed E-state index contributed by atoms with van der Waals surface area (Å²) in [5.74, 6) is 2.42. The molecule has 2 aliphatic rings. The summed E-state index contributed by atoms with van der Waals surface area (Å²) in [5, 5.41) is 12.1. The lowest BCUT2D eigenvalue weighted by molar-refractivity contribution is -0.930. The first kappa shape index (κ1) is 26.9. The van der Waals surface area contributed by atoms with Gasteiger partial charge in [-0.05, 0) is 30.5 Å². The average molecular weight is 556 g/mol. The highest BCUT2D eigenvalue weighted by atomic mass is 79.9. The zero-order valence-electron chi connectivity index (χ0n) is 21.2. The highest BCUT2D eigenvalue weighted by molar-refractivity contribution is 5.30. The minimum absolute atomic E-state index is 0. The lowest BCUT2D eigenvalue weighted by atomic mass is 9.73. The molecule has 6 heteroatoms. The molecule has 0 spiro atoms. The smallest absolute Gasteiger partial charge is 0.231 e. The van der Waals surface area contributed by atoms with E-state index in [4.69, 9.17) is 14.1 Å². The SMILES string of the molecule is OC(c1ccccc1)(c1ncc(C[N+]2(CCCOc3ccccc3)CCCC2)o1)C1CCCCC1.[Br-]. The number of benzene rings is 2. The number of hydrogen-bond donors (Lipinski definition) is 1. The molecular formula is C30H39BrN2O3. The predicted molar refractivity (Wildman–Crippen MR) is 137 cm³/mol. The van der Waals surface area contributed by atoms with Crippen LogP contribution in [0.25, 0.3) is 0 Å². The molecule has 1 aromatic heterocycles. The van der Waals surface area contributed by atoms with Crippen molar-refractivity contribution in [2.24, 2.45) is 5.92 Å². The van der Waals surface area contributed by atoms with Crippen molar-refractivity contribution >= 4 is 0 Å². The highest BCUT2D eigenvalue weighted by Gasteiger charge is 2.45. The minimum atomic E-state index is -1.17. The second kappa shape index (κ2) is 12.4. The molecule has 1 unspecified atom stereocenters. The molecule has 2 heterocycles. The molecule has 2 aromatic carbocycles. The summed E-state index contributed by atoms with van der Waals surface area (Å²) in [5.41, 5.74) is -0.275. The van der Waals surface area contributed by atoms with E-state index >= 15 is 0 Å². The van der Waals surface area contributed by atoms with Gasteiger partial charge in [0.1, 0.15) is 12.3 Å². The van der Waals surface area contributed by atoms with Crippen molar-refractivity contribution in [3.8, 4) is 5.75 Å². The van der Waals surface area contributed by atoms with Gasteiger partial charge >= 0.3 is 0 Å². The Morgan fingerprint density at radius 2 is 1.58 bits per heavy atom. The third kappa shape index (κ3) is 6.04. The molecule has 1 saturated heterocycles. The summed E-state index contributed by atoms with van der Waals surface area (Å²) < 4.78 is 13.4. The molecule has 1 saturated carbocycles. The molecule has 0 bridgehead atoms. The summed E-state index contributed by atoms with van der Waals surface area (Å²) in [6.07, 6.45) is 10.9. The van der Waals surface area contributed by atoms with Crippen LogP contribution in [0.1, 0.15) is 68.6 Å². The Morgan fingerprint density at radius 3 is 2.28 bits per heavy atom. The normalized spacial score (nSPS) is 19.4. The van der Waals surface area contributed by atoms with Crippen molar-refractivity contribution in [2.75, 3.05) is 26.2 Å². The fourth-order valence-corrected chi connectivity index (χ4v) is 6.21. The first-order valence-electron chi connectivity index (χ1n) is 13.4. The molecule has 0 radical (unpaired) electrons. The molecule has 2 fully saturated rings. The molecule has 36 heavy (non-hydrogen) atoms. The molecule has 1 atom stereocenters. The van der Waals surface area contributed by atoms with Gasteiger partial charge < -0.3 is 35.7 Å². The Labute approximate surface area is 225 Å². The molecule has 5 nitrogen and oxygen atoms in total. The van der Waals surface area contributed by atoms with Crippen LogP contribution in [0.15, 0.2) is 71.3 Å². The molecule has 5 rings (SSSR count). The average Bonchev–Trinajstić information content (AvgIpc) is 3.58. The third-order valence-electron chi connectivity index (χ3n) is 8.08. The number of ether oxygens (including phenoxy) is 1. The van der Waals surface area contributed by atoms with E-state index in [1.165, 1.54) is 19.3 Å². The fraction of sp³-hybridized carbons (Fsp3) is 0.500. The molecule has 1 aliphatic carbocycles. The van der Waals surface area contributed by atoms with E-state index in [0.717, 1.165) is 86.4 Å². The quantitative estimate of drug-likeness (QED) is 0.309. The number of nitrogens with zero attached hydrogens (tertiary/aromatic N) is 2. The number of para-hydroxylation sites is 1. The maximum absolute atomic E-state index is 12.1. The Hall–Kier alpha value is -2.15. The number of hydrogen-bond acceptors (Lipinski definition) is 4. The minimum Gasteiger partial charge on any atom is -1.00 e. The van der Waals surface area contributed by atoms with E-state index in [-0.39, 0.29) is 22.9 Å². The number of halogens is 1. The number of quaternary nitrogens is 1. The topological polar surface area (TPSA) is 55.5 Å². The standard InChI is InChI=1S/C30H39N2O3.BrH/c33-30(25-13-4-1-5-14-25,26-15-6-2-7-16-26)29-31-23-28(35-29)24-32(19-10-11-20-32)21-12-22-34-27-17-8-3-9-18-27;/h1,3-5,8-9,13-14,17-18,23,26,33H,2,6-7,10-12,15-16,19-22,24H2;1H/q+1;/p-1. The van der Waals surface area contributed by atoms with Crippen LogP contribution in [0.2, 0.25) is 0 Å². The van der Waals surface area contributed by atoms with Crippen LogP contribution < -0.4 is 21.7 Å². The predicted octanol–water partition coefficient (Wildman–Crippen LogP) is 3.07. The number of oxazole rings is 1. The van der Waals surface area contributed by atoms with Gasteiger partial charge in [0.2, 0.25) is 5.89 Å². The third-order valence-corrected chi connectivity index (χ3v) is 8.08. The van der Waals surface area contributed by atoms with Crippen LogP contribution in [0.5, 0.6) is 5.75 Å². The van der Waals surface area contributed by atoms with Crippen LogP contribution in [0.3, 0.4) is 0 Å². The zero-order valence-corrected chi connectivity index (χ0v) is 22.7. The van der Waals surface area contributed by atoms with Crippen molar-refractivity contribution < 1.29 is 35.7 Å². The van der Waals surface area contributed by atoms with Crippen molar-refractivity contribution in [3.63, 3.8) is 0 Å². The Morgan fingerprint density at radius 1 is 0.917 bits per heavy atom. The maximum Gasteiger partial charge on any atom is 0.231 e. The second-order valence-corrected chi connectivity index (χ2v) is 10.5. The first-order valence-corrected chi connectivity index (χ1v) is 13.4. The first-order chi connectivity index (χ1) is 17.2. The van der Waals surface area contributed by atoms with Crippen LogP contribution >= 0.6 is 0 Å². The molecule has 3 aromatic rings. The van der Waals surface area contributed by atoms with Crippen LogP contribution in [-0.2, 0) is 12.1 Å².